The molecule has 3 fully saturated rings. The Labute approximate surface area is 117 Å². The predicted molar refractivity (Wildman–Crippen MR) is 67.6 cm³/mol. The number of hydrogen-bond acceptors (Lipinski definition) is 4. The van der Waals surface area contributed by atoms with Crippen molar-refractivity contribution in [1.82, 2.24) is 4.90 Å². The van der Waals surface area contributed by atoms with E-state index in [2.05, 4.69) is 0 Å². The summed E-state index contributed by atoms with van der Waals surface area (Å²) >= 11 is 0. The van der Waals surface area contributed by atoms with Crippen LogP contribution >= 0.6 is 0 Å². The molecule has 6 nitrogen and oxygen atoms in total. The summed E-state index contributed by atoms with van der Waals surface area (Å²) < 4.78 is 5.63. The molecule has 3 rings (SSSR count). The van der Waals surface area contributed by atoms with E-state index in [1.807, 2.05) is 13.8 Å². The Morgan fingerprint density at radius 2 is 1.75 bits per heavy atom. The highest BCUT2D eigenvalue weighted by Gasteiger charge is 2.63. The SMILES string of the molecule is CC(C)C[C@H](C(=O)O)N1C(=O)[C@@H]2[C@H](C1=O)[C@H]1CC[C@@H]2O1. The van der Waals surface area contributed by atoms with Crippen molar-refractivity contribution in [2.24, 2.45) is 17.8 Å². The fraction of sp³-hybridized carbons (Fsp3) is 0.786. The van der Waals surface area contributed by atoms with Crippen LogP contribution in [0.15, 0.2) is 0 Å². The second-order valence-electron chi connectivity index (χ2n) is 6.37. The van der Waals surface area contributed by atoms with E-state index < -0.39 is 23.8 Å². The number of ether oxygens (including phenoxy) is 1. The van der Waals surface area contributed by atoms with E-state index in [4.69, 9.17) is 4.74 Å². The van der Waals surface area contributed by atoms with Gasteiger partial charge < -0.3 is 9.84 Å². The number of rotatable bonds is 4. The quantitative estimate of drug-likeness (QED) is 0.765. The molecular formula is C14H19NO5. The van der Waals surface area contributed by atoms with Gasteiger partial charge in [0.1, 0.15) is 6.04 Å². The first-order valence-corrected chi connectivity index (χ1v) is 7.17. The Balaban J connectivity index is 1.89. The van der Waals surface area contributed by atoms with Crippen LogP contribution in [0.1, 0.15) is 33.1 Å². The van der Waals surface area contributed by atoms with E-state index in [1.165, 1.54) is 0 Å². The fourth-order valence-electron chi connectivity index (χ4n) is 3.81. The normalized spacial score (nSPS) is 36.9. The largest absolute Gasteiger partial charge is 0.480 e. The standard InChI is InChI=1S/C14H19NO5/c1-6(2)5-7(14(18)19)15-12(16)10-8-3-4-9(20-8)11(10)13(15)17/h6-11H,3-5H2,1-2H3,(H,18,19)/t7-,8-,9+,10-,11+/m1/s1. The zero-order chi connectivity index (χ0) is 14.6. The molecule has 0 aliphatic carbocycles. The first kappa shape index (κ1) is 13.5. The van der Waals surface area contributed by atoms with Crippen LogP contribution in [0, 0.1) is 17.8 Å². The zero-order valence-corrected chi connectivity index (χ0v) is 11.6. The van der Waals surface area contributed by atoms with Crippen LogP contribution in [0.2, 0.25) is 0 Å². The molecule has 0 unspecified atom stereocenters. The molecule has 110 valence electrons. The first-order valence-electron chi connectivity index (χ1n) is 7.17. The Kier molecular flexibility index (Phi) is 3.08. The van der Waals surface area contributed by atoms with Crippen molar-refractivity contribution in [2.45, 2.75) is 51.4 Å². The van der Waals surface area contributed by atoms with Crippen LogP contribution in [0.25, 0.3) is 0 Å². The molecule has 20 heavy (non-hydrogen) atoms. The molecule has 0 saturated carbocycles. The van der Waals surface area contributed by atoms with Gasteiger partial charge in [-0.15, -0.1) is 0 Å². The lowest BCUT2D eigenvalue weighted by molar-refractivity contribution is -0.157. The molecule has 5 atom stereocenters. The number of hydrogen-bond donors (Lipinski definition) is 1. The van der Waals surface area contributed by atoms with Crippen molar-refractivity contribution >= 4 is 17.8 Å². The van der Waals surface area contributed by atoms with Crippen molar-refractivity contribution in [3.8, 4) is 0 Å². The molecule has 3 heterocycles. The third-order valence-electron chi connectivity index (χ3n) is 4.61. The monoisotopic (exact) mass is 281 g/mol. The van der Waals surface area contributed by atoms with Crippen molar-refractivity contribution < 1.29 is 24.2 Å². The maximum atomic E-state index is 12.5. The van der Waals surface area contributed by atoms with E-state index in [9.17, 15) is 19.5 Å². The number of amides is 2. The van der Waals surface area contributed by atoms with Gasteiger partial charge in [-0.3, -0.25) is 14.5 Å². The Bertz CT molecular complexity index is 446. The lowest BCUT2D eigenvalue weighted by atomic mass is 9.81. The number of aliphatic carboxylic acids is 1. The van der Waals surface area contributed by atoms with Crippen molar-refractivity contribution in [3.05, 3.63) is 0 Å². The summed E-state index contributed by atoms with van der Waals surface area (Å²) in [6.07, 6.45) is 1.49. The molecule has 2 bridgehead atoms. The molecule has 0 radical (unpaired) electrons. The van der Waals surface area contributed by atoms with Crippen molar-refractivity contribution in [1.29, 1.82) is 0 Å². The molecule has 1 N–H and O–H groups in total. The molecule has 0 spiro atoms. The van der Waals surface area contributed by atoms with Gasteiger partial charge in [-0.2, -0.15) is 0 Å². The number of imide groups is 1. The van der Waals surface area contributed by atoms with E-state index in [0.29, 0.717) is 6.42 Å². The summed E-state index contributed by atoms with van der Waals surface area (Å²) in [6.45, 7) is 3.77. The average Bonchev–Trinajstić information content (AvgIpc) is 3.01. The van der Waals surface area contributed by atoms with Gasteiger partial charge in [-0.1, -0.05) is 13.8 Å². The smallest absolute Gasteiger partial charge is 0.326 e. The van der Waals surface area contributed by atoms with Gasteiger partial charge in [0.05, 0.1) is 24.0 Å². The summed E-state index contributed by atoms with van der Waals surface area (Å²) in [6, 6.07) is -1.04. The molecule has 0 aromatic rings. The molecule has 0 aromatic carbocycles. The first-order chi connectivity index (χ1) is 9.41. The van der Waals surface area contributed by atoms with E-state index in [-0.39, 0.29) is 29.9 Å². The van der Waals surface area contributed by atoms with Gasteiger partial charge in [0.2, 0.25) is 11.8 Å². The van der Waals surface area contributed by atoms with Crippen LogP contribution in [-0.4, -0.2) is 46.0 Å². The minimum Gasteiger partial charge on any atom is -0.480 e. The number of likely N-dealkylation sites (tertiary alicyclic amines) is 1. The van der Waals surface area contributed by atoms with Gasteiger partial charge in [0.15, 0.2) is 0 Å². The van der Waals surface area contributed by atoms with Crippen molar-refractivity contribution in [3.63, 3.8) is 0 Å². The second-order valence-corrected chi connectivity index (χ2v) is 6.37. The van der Waals surface area contributed by atoms with Gasteiger partial charge in [0.25, 0.3) is 0 Å². The van der Waals surface area contributed by atoms with Crippen LogP contribution in [-0.2, 0) is 19.1 Å². The minimum absolute atomic E-state index is 0.102. The van der Waals surface area contributed by atoms with Gasteiger partial charge in [-0.05, 0) is 25.2 Å². The molecule has 2 amide bonds. The van der Waals surface area contributed by atoms with E-state index in [0.717, 1.165) is 17.7 Å². The van der Waals surface area contributed by atoms with Gasteiger partial charge in [-0.25, -0.2) is 4.79 Å². The van der Waals surface area contributed by atoms with Crippen LogP contribution in [0.4, 0.5) is 0 Å². The number of carboxylic acids is 1. The van der Waals surface area contributed by atoms with Crippen LogP contribution < -0.4 is 0 Å². The predicted octanol–water partition coefficient (Wildman–Crippen LogP) is 0.648. The Morgan fingerprint density at radius 1 is 1.25 bits per heavy atom. The molecule has 3 aliphatic rings. The lowest BCUT2D eigenvalue weighted by Crippen LogP contribution is -2.47. The van der Waals surface area contributed by atoms with E-state index >= 15 is 0 Å². The molecule has 3 aliphatic heterocycles. The topological polar surface area (TPSA) is 83.9 Å². The van der Waals surface area contributed by atoms with E-state index in [1.54, 1.807) is 0 Å². The maximum absolute atomic E-state index is 12.5. The third kappa shape index (κ3) is 1.78. The van der Waals surface area contributed by atoms with Crippen LogP contribution in [0.3, 0.4) is 0 Å². The second kappa shape index (κ2) is 4.55. The third-order valence-corrected chi connectivity index (χ3v) is 4.61. The summed E-state index contributed by atoms with van der Waals surface area (Å²) in [5.74, 6) is -2.59. The summed E-state index contributed by atoms with van der Waals surface area (Å²) in [5.41, 5.74) is 0. The maximum Gasteiger partial charge on any atom is 0.326 e. The lowest BCUT2D eigenvalue weighted by Gasteiger charge is -2.25. The number of nitrogens with zero attached hydrogens (tertiary/aromatic N) is 1. The number of carbonyl (C=O) groups excluding carboxylic acids is 2. The summed E-state index contributed by atoms with van der Waals surface area (Å²) in [7, 11) is 0. The molecule has 6 heteroatoms. The molecule has 3 saturated heterocycles. The highest BCUT2D eigenvalue weighted by molar-refractivity contribution is 6.08. The Morgan fingerprint density at radius 3 is 2.15 bits per heavy atom. The zero-order valence-electron chi connectivity index (χ0n) is 11.6. The summed E-state index contributed by atoms with van der Waals surface area (Å²) in [4.78, 5) is 37.4. The number of fused-ring (bicyclic) bond motifs is 5. The number of carbonyl (C=O) groups is 3. The molecule has 0 aromatic heterocycles. The average molecular weight is 281 g/mol. The Hall–Kier alpha value is -1.43. The summed E-state index contributed by atoms with van der Waals surface area (Å²) in [5, 5.41) is 9.35. The number of carboxylic acid groups (broad SMARTS) is 1. The van der Waals surface area contributed by atoms with Crippen LogP contribution in [0.5, 0.6) is 0 Å². The van der Waals surface area contributed by atoms with Gasteiger partial charge in [0, 0.05) is 0 Å². The minimum atomic E-state index is -1.10. The molecular weight excluding hydrogens is 262 g/mol. The van der Waals surface area contributed by atoms with Gasteiger partial charge >= 0.3 is 5.97 Å². The highest BCUT2D eigenvalue weighted by atomic mass is 16.5. The van der Waals surface area contributed by atoms with Crippen molar-refractivity contribution in [2.75, 3.05) is 0 Å². The highest BCUT2D eigenvalue weighted by Crippen LogP contribution is 2.49. The fourth-order valence-corrected chi connectivity index (χ4v) is 3.81.